The summed E-state index contributed by atoms with van der Waals surface area (Å²) >= 11 is 0. The highest BCUT2D eigenvalue weighted by molar-refractivity contribution is 5.85. The summed E-state index contributed by atoms with van der Waals surface area (Å²) in [5, 5.41) is 11.5. The molecule has 0 rings (SSSR count). The van der Waals surface area contributed by atoms with Crippen molar-refractivity contribution in [3.05, 3.63) is 0 Å². The third-order valence-corrected chi connectivity index (χ3v) is 2.76. The maximum atomic E-state index is 11.9. The van der Waals surface area contributed by atoms with Crippen molar-refractivity contribution in [1.82, 2.24) is 10.2 Å². The molecule has 1 unspecified atom stereocenters. The lowest BCUT2D eigenvalue weighted by atomic mass is 10.0. The van der Waals surface area contributed by atoms with Crippen molar-refractivity contribution in [2.75, 3.05) is 33.4 Å². The van der Waals surface area contributed by atoms with Gasteiger partial charge in [-0.1, -0.05) is 20.8 Å². The first-order valence-corrected chi connectivity index (χ1v) is 6.64. The molecule has 0 saturated heterocycles. The standard InChI is InChI=1S/C13H26N2O4/c1-5-15(6-7-16)9-12(17)14-11(8-10(2)3)13(18)19-4/h10-11,16H,5-9H2,1-4H3,(H,14,17). The molecule has 2 N–H and O–H groups in total. The third kappa shape index (κ3) is 7.79. The largest absolute Gasteiger partial charge is 0.467 e. The molecule has 112 valence electrons. The lowest BCUT2D eigenvalue weighted by Gasteiger charge is -2.22. The number of carbonyl (C=O) groups is 2. The fourth-order valence-corrected chi connectivity index (χ4v) is 1.76. The molecule has 0 saturated carbocycles. The van der Waals surface area contributed by atoms with Crippen LogP contribution in [0.2, 0.25) is 0 Å². The summed E-state index contributed by atoms with van der Waals surface area (Å²) in [6, 6.07) is -0.606. The van der Waals surface area contributed by atoms with Crippen LogP contribution in [0.15, 0.2) is 0 Å². The van der Waals surface area contributed by atoms with E-state index in [2.05, 4.69) is 10.1 Å². The number of aliphatic hydroxyl groups excluding tert-OH is 1. The Balaban J connectivity index is 4.40. The Bertz CT molecular complexity index is 282. The Labute approximate surface area is 115 Å². The van der Waals surface area contributed by atoms with Crippen LogP contribution in [-0.4, -0.2) is 61.3 Å². The molecule has 6 heteroatoms. The van der Waals surface area contributed by atoms with Gasteiger partial charge in [0.2, 0.25) is 5.91 Å². The lowest BCUT2D eigenvalue weighted by Crippen LogP contribution is -2.47. The smallest absolute Gasteiger partial charge is 0.328 e. The minimum atomic E-state index is -0.606. The van der Waals surface area contributed by atoms with Gasteiger partial charge in [0.1, 0.15) is 6.04 Å². The van der Waals surface area contributed by atoms with Crippen LogP contribution in [0.3, 0.4) is 0 Å². The van der Waals surface area contributed by atoms with Gasteiger partial charge < -0.3 is 15.2 Å². The van der Waals surface area contributed by atoms with Crippen LogP contribution in [0.25, 0.3) is 0 Å². The zero-order valence-corrected chi connectivity index (χ0v) is 12.3. The Morgan fingerprint density at radius 1 is 1.37 bits per heavy atom. The van der Waals surface area contributed by atoms with Crippen LogP contribution >= 0.6 is 0 Å². The molecule has 0 bridgehead atoms. The number of likely N-dealkylation sites (N-methyl/N-ethyl adjacent to an activating group) is 1. The van der Waals surface area contributed by atoms with Gasteiger partial charge in [0.15, 0.2) is 0 Å². The Morgan fingerprint density at radius 3 is 2.42 bits per heavy atom. The predicted molar refractivity (Wildman–Crippen MR) is 72.6 cm³/mol. The van der Waals surface area contributed by atoms with E-state index in [0.29, 0.717) is 19.5 Å². The van der Waals surface area contributed by atoms with Crippen LogP contribution in [0, 0.1) is 5.92 Å². The van der Waals surface area contributed by atoms with Gasteiger partial charge in [-0.3, -0.25) is 9.69 Å². The maximum Gasteiger partial charge on any atom is 0.328 e. The third-order valence-electron chi connectivity index (χ3n) is 2.76. The fourth-order valence-electron chi connectivity index (χ4n) is 1.76. The number of aliphatic hydroxyl groups is 1. The van der Waals surface area contributed by atoms with Gasteiger partial charge in [-0.05, 0) is 18.9 Å². The highest BCUT2D eigenvalue weighted by atomic mass is 16.5. The molecule has 0 aromatic rings. The molecule has 1 atom stereocenters. The molecule has 0 aromatic heterocycles. The molecule has 1 amide bonds. The molecule has 0 aliphatic heterocycles. The molecule has 0 aliphatic carbocycles. The number of hydrogen-bond acceptors (Lipinski definition) is 5. The van der Waals surface area contributed by atoms with Gasteiger partial charge in [-0.15, -0.1) is 0 Å². The molecular weight excluding hydrogens is 248 g/mol. The van der Waals surface area contributed by atoms with E-state index in [1.165, 1.54) is 7.11 Å². The minimum absolute atomic E-state index is 0.00748. The van der Waals surface area contributed by atoms with Crippen molar-refractivity contribution in [1.29, 1.82) is 0 Å². The number of ether oxygens (including phenoxy) is 1. The van der Waals surface area contributed by atoms with Crippen LogP contribution in [0.5, 0.6) is 0 Å². The van der Waals surface area contributed by atoms with Crippen LogP contribution < -0.4 is 5.32 Å². The van der Waals surface area contributed by atoms with Crippen LogP contribution in [-0.2, 0) is 14.3 Å². The van der Waals surface area contributed by atoms with Crippen molar-refractivity contribution >= 4 is 11.9 Å². The van der Waals surface area contributed by atoms with Crippen molar-refractivity contribution in [3.8, 4) is 0 Å². The molecule has 0 aliphatic rings. The summed E-state index contributed by atoms with van der Waals surface area (Å²) in [6.07, 6.45) is 0.546. The monoisotopic (exact) mass is 274 g/mol. The zero-order chi connectivity index (χ0) is 14.8. The van der Waals surface area contributed by atoms with Crippen molar-refractivity contribution < 1.29 is 19.4 Å². The van der Waals surface area contributed by atoms with E-state index in [1.54, 1.807) is 4.90 Å². The van der Waals surface area contributed by atoms with Crippen molar-refractivity contribution in [2.45, 2.75) is 33.2 Å². The van der Waals surface area contributed by atoms with Gasteiger partial charge >= 0.3 is 5.97 Å². The van der Waals surface area contributed by atoms with E-state index in [4.69, 9.17) is 5.11 Å². The number of amides is 1. The average molecular weight is 274 g/mol. The number of hydrogen-bond donors (Lipinski definition) is 2. The van der Waals surface area contributed by atoms with E-state index < -0.39 is 12.0 Å². The molecule has 19 heavy (non-hydrogen) atoms. The minimum Gasteiger partial charge on any atom is -0.467 e. The van der Waals surface area contributed by atoms with Gasteiger partial charge in [0.05, 0.1) is 20.3 Å². The van der Waals surface area contributed by atoms with E-state index in [-0.39, 0.29) is 25.0 Å². The van der Waals surface area contributed by atoms with Crippen LogP contribution in [0.4, 0.5) is 0 Å². The Kier molecular flexibility index (Phi) is 9.16. The van der Waals surface area contributed by atoms with Crippen molar-refractivity contribution in [3.63, 3.8) is 0 Å². The fraction of sp³-hybridized carbons (Fsp3) is 0.846. The van der Waals surface area contributed by atoms with E-state index >= 15 is 0 Å². The SMILES string of the molecule is CCN(CCO)CC(=O)NC(CC(C)C)C(=O)OC. The average Bonchev–Trinajstić information content (AvgIpc) is 2.35. The van der Waals surface area contributed by atoms with Gasteiger partial charge in [0.25, 0.3) is 0 Å². The van der Waals surface area contributed by atoms with E-state index in [0.717, 1.165) is 0 Å². The molecule has 0 heterocycles. The second-order valence-electron chi connectivity index (χ2n) is 4.87. The predicted octanol–water partition coefficient (Wildman–Crippen LogP) is 0.00450. The summed E-state index contributed by atoms with van der Waals surface area (Å²) in [7, 11) is 1.31. The molecule has 0 radical (unpaired) electrons. The van der Waals surface area contributed by atoms with Crippen molar-refractivity contribution in [2.24, 2.45) is 5.92 Å². The van der Waals surface area contributed by atoms with Gasteiger partial charge in [-0.2, -0.15) is 0 Å². The molecular formula is C13H26N2O4. The zero-order valence-electron chi connectivity index (χ0n) is 12.3. The maximum absolute atomic E-state index is 11.9. The summed E-state index contributed by atoms with van der Waals surface area (Å²) in [5.41, 5.74) is 0. The Morgan fingerprint density at radius 2 is 2.00 bits per heavy atom. The first kappa shape index (κ1) is 17.9. The highest BCUT2D eigenvalue weighted by Crippen LogP contribution is 2.06. The molecule has 0 fully saturated rings. The van der Waals surface area contributed by atoms with E-state index in [9.17, 15) is 9.59 Å². The lowest BCUT2D eigenvalue weighted by molar-refractivity contribution is -0.145. The summed E-state index contributed by atoms with van der Waals surface area (Å²) in [6.45, 7) is 7.15. The van der Waals surface area contributed by atoms with E-state index in [1.807, 2.05) is 20.8 Å². The molecule has 6 nitrogen and oxygen atoms in total. The second kappa shape index (κ2) is 9.75. The van der Waals surface area contributed by atoms with Gasteiger partial charge in [-0.25, -0.2) is 4.79 Å². The second-order valence-corrected chi connectivity index (χ2v) is 4.87. The first-order chi connectivity index (χ1) is 8.94. The topological polar surface area (TPSA) is 78.9 Å². The number of rotatable bonds is 9. The number of nitrogens with one attached hydrogen (secondary N) is 1. The summed E-state index contributed by atoms with van der Waals surface area (Å²) in [4.78, 5) is 25.2. The summed E-state index contributed by atoms with van der Waals surface area (Å²) < 4.78 is 4.69. The molecule has 0 aromatic carbocycles. The summed E-state index contributed by atoms with van der Waals surface area (Å²) in [5.74, 6) is -0.372. The number of methoxy groups -OCH3 is 1. The number of carbonyl (C=O) groups excluding carboxylic acids is 2. The quantitative estimate of drug-likeness (QED) is 0.579. The van der Waals surface area contributed by atoms with Crippen LogP contribution in [0.1, 0.15) is 27.2 Å². The number of esters is 1. The normalized spacial score (nSPS) is 12.6. The highest BCUT2D eigenvalue weighted by Gasteiger charge is 2.23. The Hall–Kier alpha value is -1.14. The number of nitrogens with zero attached hydrogens (tertiary/aromatic N) is 1. The van der Waals surface area contributed by atoms with Gasteiger partial charge in [0, 0.05) is 6.54 Å². The molecule has 0 spiro atoms. The first-order valence-electron chi connectivity index (χ1n) is 6.64.